The van der Waals surface area contributed by atoms with Crippen LogP contribution in [0.3, 0.4) is 0 Å². The zero-order valence-electron chi connectivity index (χ0n) is 16.4. The molecule has 2 rings (SSSR count). The maximum Gasteiger partial charge on any atom is 0.349 e. The second kappa shape index (κ2) is 8.51. The predicted molar refractivity (Wildman–Crippen MR) is 103 cm³/mol. The molecule has 6 nitrogen and oxygen atoms in total. The van der Waals surface area contributed by atoms with E-state index in [-0.39, 0.29) is 19.1 Å². The maximum absolute atomic E-state index is 13.3. The minimum absolute atomic E-state index is 0.0806. The summed E-state index contributed by atoms with van der Waals surface area (Å²) in [7, 11) is -3.58. The normalized spacial score (nSPS) is 26.3. The Kier molecular flexibility index (Phi) is 7.05. The van der Waals surface area contributed by atoms with Gasteiger partial charge in [-0.3, -0.25) is 4.57 Å². The first-order valence-corrected chi connectivity index (χ1v) is 10.7. The molecule has 2 unspecified atom stereocenters. The molecule has 0 N–H and O–H groups in total. The quantitative estimate of drug-likeness (QED) is 0.571. The van der Waals surface area contributed by atoms with Crippen LogP contribution >= 0.6 is 7.60 Å². The fourth-order valence-electron chi connectivity index (χ4n) is 3.62. The van der Waals surface area contributed by atoms with Crippen LogP contribution in [0.5, 0.6) is 0 Å². The second-order valence-corrected chi connectivity index (χ2v) is 9.87. The van der Waals surface area contributed by atoms with Crippen molar-refractivity contribution in [2.24, 2.45) is 5.92 Å². The molecule has 26 heavy (non-hydrogen) atoms. The monoisotopic (exact) mass is 384 g/mol. The van der Waals surface area contributed by atoms with Gasteiger partial charge in [0.15, 0.2) is 0 Å². The van der Waals surface area contributed by atoms with Gasteiger partial charge in [-0.05, 0) is 46.6 Å². The van der Waals surface area contributed by atoms with E-state index in [1.807, 2.05) is 44.2 Å². The van der Waals surface area contributed by atoms with Crippen molar-refractivity contribution >= 4 is 7.60 Å². The lowest BCUT2D eigenvalue weighted by molar-refractivity contribution is 0.0505. The van der Waals surface area contributed by atoms with Gasteiger partial charge in [-0.1, -0.05) is 30.3 Å². The second-order valence-electron chi connectivity index (χ2n) is 7.40. The third-order valence-corrected chi connectivity index (χ3v) is 7.95. The molecule has 1 aromatic carbocycles. The summed E-state index contributed by atoms with van der Waals surface area (Å²) in [6, 6.07) is 9.90. The topological polar surface area (TPSA) is 71.1 Å². The van der Waals surface area contributed by atoms with Crippen molar-refractivity contribution in [2.45, 2.75) is 58.5 Å². The molecule has 148 valence electrons. The molecule has 0 radical (unpaired) electrons. The highest BCUT2D eigenvalue weighted by Gasteiger charge is 2.59. The van der Waals surface area contributed by atoms with Gasteiger partial charge in [0, 0.05) is 11.5 Å². The van der Waals surface area contributed by atoms with Crippen molar-refractivity contribution in [1.29, 1.82) is 0 Å². The number of hydroxylamine groups is 2. The van der Waals surface area contributed by atoms with E-state index in [9.17, 15) is 9.77 Å². The number of nitrogens with zero attached hydrogens (tertiary/aromatic N) is 1. The summed E-state index contributed by atoms with van der Waals surface area (Å²) in [6.45, 7) is 10.3. The summed E-state index contributed by atoms with van der Waals surface area (Å²) >= 11 is 0. The highest BCUT2D eigenvalue weighted by molar-refractivity contribution is 7.55. The first-order valence-electron chi connectivity index (χ1n) is 9.19. The van der Waals surface area contributed by atoms with Gasteiger partial charge in [-0.15, -0.1) is 0 Å². The molecule has 0 amide bonds. The van der Waals surface area contributed by atoms with E-state index in [1.54, 1.807) is 20.8 Å². The maximum atomic E-state index is 13.3. The van der Waals surface area contributed by atoms with Crippen LogP contribution in [0.1, 0.15) is 46.6 Å². The third-order valence-electron chi connectivity index (χ3n) is 5.21. The van der Waals surface area contributed by atoms with E-state index in [1.165, 1.54) is 0 Å². The Morgan fingerprint density at radius 3 is 2.27 bits per heavy atom. The summed E-state index contributed by atoms with van der Waals surface area (Å²) in [5.41, 5.74) is 0.356. The highest BCUT2D eigenvalue weighted by Crippen LogP contribution is 2.68. The van der Waals surface area contributed by atoms with Crippen LogP contribution in [0.2, 0.25) is 0 Å². The van der Waals surface area contributed by atoms with Crippen molar-refractivity contribution in [1.82, 2.24) is 5.06 Å². The van der Waals surface area contributed by atoms with Crippen LogP contribution in [0, 0.1) is 11.1 Å². The molecule has 0 aromatic heterocycles. The molecule has 1 saturated heterocycles. The van der Waals surface area contributed by atoms with Gasteiger partial charge in [0.1, 0.15) is 5.28 Å². The molecule has 0 spiro atoms. The minimum Gasteiger partial charge on any atom is -0.784 e. The highest BCUT2D eigenvalue weighted by atomic mass is 31.2. The van der Waals surface area contributed by atoms with Gasteiger partial charge in [0.25, 0.3) is 0 Å². The van der Waals surface area contributed by atoms with E-state index in [0.29, 0.717) is 19.6 Å². The molecule has 1 aromatic rings. The molecule has 1 heterocycles. The lowest BCUT2D eigenvalue weighted by atomic mass is 9.89. The number of ether oxygens (including phenoxy) is 1. The van der Waals surface area contributed by atoms with Gasteiger partial charge in [0.05, 0.1) is 26.4 Å². The molecule has 7 heteroatoms. The smallest absolute Gasteiger partial charge is 0.349 e. The first-order chi connectivity index (χ1) is 12.2. The summed E-state index contributed by atoms with van der Waals surface area (Å²) in [5, 5.41) is 12.8. The Labute approximate surface area is 156 Å². The fraction of sp³-hybridized carbons (Fsp3) is 0.684. The molecular weight excluding hydrogens is 353 g/mol. The molecule has 0 bridgehead atoms. The summed E-state index contributed by atoms with van der Waals surface area (Å²) in [6.07, 6.45) is 0.398. The van der Waals surface area contributed by atoms with Crippen molar-refractivity contribution in [2.75, 3.05) is 19.8 Å². The van der Waals surface area contributed by atoms with Crippen LogP contribution in [0.15, 0.2) is 30.3 Å². The Morgan fingerprint density at radius 2 is 1.73 bits per heavy atom. The number of hydrogen-bond acceptors (Lipinski definition) is 6. The Hall–Kier alpha value is -0.750. The largest absolute Gasteiger partial charge is 0.784 e. The van der Waals surface area contributed by atoms with Gasteiger partial charge in [-0.25, -0.2) is 0 Å². The SMILES string of the molecule is CCOP(=O)(OCC)C1(C)CC(COCc2ccccc2)C(C)(C)N1[O-]. The first kappa shape index (κ1) is 21.5. The van der Waals surface area contributed by atoms with Gasteiger partial charge in [0.2, 0.25) is 0 Å². The predicted octanol–water partition coefficient (Wildman–Crippen LogP) is 4.78. The lowest BCUT2D eigenvalue weighted by Gasteiger charge is -2.50. The number of hydrogen-bond donors (Lipinski definition) is 0. The van der Waals surface area contributed by atoms with Crippen molar-refractivity contribution < 1.29 is 18.3 Å². The molecule has 0 saturated carbocycles. The number of rotatable bonds is 9. The van der Waals surface area contributed by atoms with Crippen molar-refractivity contribution in [3.05, 3.63) is 41.1 Å². The van der Waals surface area contributed by atoms with Crippen LogP contribution in [-0.2, 0) is 25.0 Å². The fourth-order valence-corrected chi connectivity index (χ4v) is 5.86. The van der Waals surface area contributed by atoms with E-state index in [2.05, 4.69) is 0 Å². The van der Waals surface area contributed by atoms with E-state index < -0.39 is 18.4 Å². The average molecular weight is 384 g/mol. The minimum atomic E-state index is -3.58. The van der Waals surface area contributed by atoms with Crippen LogP contribution in [0.4, 0.5) is 0 Å². The summed E-state index contributed by atoms with van der Waals surface area (Å²) in [4.78, 5) is 0. The van der Waals surface area contributed by atoms with Gasteiger partial charge >= 0.3 is 7.60 Å². The number of benzene rings is 1. The van der Waals surface area contributed by atoms with Crippen molar-refractivity contribution in [3.63, 3.8) is 0 Å². The molecule has 0 aliphatic carbocycles. The van der Waals surface area contributed by atoms with Crippen LogP contribution in [0.25, 0.3) is 0 Å². The zero-order valence-corrected chi connectivity index (χ0v) is 17.3. The molecule has 1 aliphatic rings. The van der Waals surface area contributed by atoms with Crippen LogP contribution in [-0.4, -0.2) is 35.7 Å². The van der Waals surface area contributed by atoms with Gasteiger partial charge in [-0.2, -0.15) is 0 Å². The van der Waals surface area contributed by atoms with E-state index in [4.69, 9.17) is 13.8 Å². The van der Waals surface area contributed by atoms with E-state index >= 15 is 0 Å². The Balaban J connectivity index is 2.13. The molecular formula is C19H31NO5P-. The lowest BCUT2D eigenvalue weighted by Crippen LogP contribution is -2.47. The molecule has 1 aliphatic heterocycles. The Morgan fingerprint density at radius 1 is 1.15 bits per heavy atom. The zero-order chi connectivity index (χ0) is 19.4. The summed E-state index contributed by atoms with van der Waals surface area (Å²) in [5.74, 6) is -0.0806. The van der Waals surface area contributed by atoms with Crippen molar-refractivity contribution in [3.8, 4) is 0 Å². The third kappa shape index (κ3) is 4.06. The van der Waals surface area contributed by atoms with E-state index in [0.717, 1.165) is 10.6 Å². The molecule has 2 atom stereocenters. The Bertz CT molecular complexity index is 614. The summed E-state index contributed by atoms with van der Waals surface area (Å²) < 4.78 is 30.2. The molecule has 1 fully saturated rings. The van der Waals surface area contributed by atoms with Gasteiger partial charge < -0.3 is 24.1 Å². The average Bonchev–Trinajstić information content (AvgIpc) is 2.78. The standard InChI is InChI=1S/C19H31NO5P/c1-6-24-26(22,25-7-2)19(5)13-17(18(3,4)20(19)21)15-23-14-16-11-9-8-10-12-16/h8-12,17H,6-7,13-15H2,1-5H3/q-1. The van der Waals surface area contributed by atoms with Crippen LogP contribution < -0.4 is 0 Å².